The maximum Gasteiger partial charge on any atom is 0.258 e. The molecule has 0 aromatic carbocycles. The number of aromatic amines is 1. The number of hydrogen-bond donors (Lipinski definition) is 1. The summed E-state index contributed by atoms with van der Waals surface area (Å²) in [5, 5.41) is 0.663. The lowest BCUT2D eigenvalue weighted by atomic mass is 9.86. The predicted octanol–water partition coefficient (Wildman–Crippen LogP) is 2.67. The van der Waals surface area contributed by atoms with Crippen LogP contribution in [0.25, 0.3) is 10.9 Å². The number of aromatic nitrogens is 3. The Morgan fingerprint density at radius 3 is 2.83 bits per heavy atom. The Hall–Kier alpha value is -1.71. The van der Waals surface area contributed by atoms with Crippen molar-refractivity contribution >= 4 is 10.9 Å². The molecule has 0 unspecified atom stereocenters. The van der Waals surface area contributed by atoms with E-state index in [2.05, 4.69) is 15.0 Å². The summed E-state index contributed by atoms with van der Waals surface area (Å²) in [6.07, 6.45) is 7.98. The molecule has 1 saturated carbocycles. The molecular formula is C14H17N3O. The van der Waals surface area contributed by atoms with Gasteiger partial charge in [0.15, 0.2) is 0 Å². The van der Waals surface area contributed by atoms with E-state index >= 15 is 0 Å². The van der Waals surface area contributed by atoms with E-state index in [1.54, 1.807) is 13.1 Å². The molecule has 2 heterocycles. The first-order chi connectivity index (χ1) is 8.74. The van der Waals surface area contributed by atoms with Crippen LogP contribution in [-0.4, -0.2) is 15.0 Å². The minimum absolute atomic E-state index is 0.0584. The minimum atomic E-state index is -0.0584. The Morgan fingerprint density at radius 2 is 2.06 bits per heavy atom. The van der Waals surface area contributed by atoms with Crippen LogP contribution in [0.5, 0.6) is 0 Å². The summed E-state index contributed by atoms with van der Waals surface area (Å²) in [5.74, 6) is 1.16. The second-order valence-corrected chi connectivity index (χ2v) is 5.11. The van der Waals surface area contributed by atoms with E-state index < -0.39 is 0 Å². The largest absolute Gasteiger partial charge is 0.310 e. The average molecular weight is 243 g/mol. The van der Waals surface area contributed by atoms with Gasteiger partial charge in [-0.25, -0.2) is 4.98 Å². The summed E-state index contributed by atoms with van der Waals surface area (Å²) >= 11 is 0. The molecule has 1 fully saturated rings. The zero-order valence-corrected chi connectivity index (χ0v) is 10.6. The molecule has 1 N–H and O–H groups in total. The number of nitrogens with one attached hydrogen (secondary N) is 1. The van der Waals surface area contributed by atoms with Crippen molar-refractivity contribution < 1.29 is 0 Å². The van der Waals surface area contributed by atoms with Crippen LogP contribution in [0.15, 0.2) is 17.1 Å². The molecule has 1 aliphatic rings. The molecule has 0 saturated heterocycles. The molecule has 3 rings (SSSR count). The summed E-state index contributed by atoms with van der Waals surface area (Å²) in [4.78, 5) is 23.5. The first-order valence-electron chi connectivity index (χ1n) is 6.60. The van der Waals surface area contributed by atoms with Crippen molar-refractivity contribution in [3.8, 4) is 0 Å². The van der Waals surface area contributed by atoms with Gasteiger partial charge in [-0.15, -0.1) is 0 Å². The van der Waals surface area contributed by atoms with E-state index in [4.69, 9.17) is 0 Å². The highest BCUT2D eigenvalue weighted by Gasteiger charge is 2.17. The molecule has 0 atom stereocenters. The maximum atomic E-state index is 11.9. The molecule has 4 heteroatoms. The van der Waals surface area contributed by atoms with Gasteiger partial charge in [-0.05, 0) is 25.8 Å². The van der Waals surface area contributed by atoms with E-state index in [1.165, 1.54) is 32.1 Å². The van der Waals surface area contributed by atoms with Crippen LogP contribution >= 0.6 is 0 Å². The third kappa shape index (κ3) is 2.03. The van der Waals surface area contributed by atoms with Crippen LogP contribution in [0.3, 0.4) is 0 Å². The minimum Gasteiger partial charge on any atom is -0.310 e. The molecule has 0 spiro atoms. The molecule has 0 amide bonds. The number of H-pyrrole nitrogens is 1. The Bertz CT molecular complexity index is 626. The first kappa shape index (κ1) is 11.4. The van der Waals surface area contributed by atoms with E-state index in [0.717, 1.165) is 5.69 Å². The Morgan fingerprint density at radius 1 is 1.28 bits per heavy atom. The Balaban J connectivity index is 2.07. The van der Waals surface area contributed by atoms with Gasteiger partial charge in [-0.3, -0.25) is 9.78 Å². The summed E-state index contributed by atoms with van der Waals surface area (Å²) in [6, 6.07) is 1.93. The smallest absolute Gasteiger partial charge is 0.258 e. The lowest BCUT2D eigenvalue weighted by molar-refractivity contribution is 0.437. The molecule has 0 radical (unpaired) electrons. The third-order valence-electron chi connectivity index (χ3n) is 3.75. The van der Waals surface area contributed by atoms with Gasteiger partial charge >= 0.3 is 0 Å². The molecule has 4 nitrogen and oxygen atoms in total. The van der Waals surface area contributed by atoms with Crippen molar-refractivity contribution in [3.05, 3.63) is 34.1 Å². The van der Waals surface area contributed by atoms with Crippen LogP contribution in [0, 0.1) is 6.92 Å². The maximum absolute atomic E-state index is 11.9. The van der Waals surface area contributed by atoms with Crippen molar-refractivity contribution in [2.45, 2.75) is 44.9 Å². The third-order valence-corrected chi connectivity index (χ3v) is 3.75. The number of fused-ring (bicyclic) bond motifs is 1. The standard InChI is InChI=1S/C14H17N3O/c1-9-16-13-8-15-12(7-11(13)14(18)17-9)10-5-3-2-4-6-10/h7-8,10H,2-6H2,1H3,(H,16,17,18). The van der Waals surface area contributed by atoms with Crippen molar-refractivity contribution in [3.63, 3.8) is 0 Å². The van der Waals surface area contributed by atoms with Crippen molar-refractivity contribution in [2.75, 3.05) is 0 Å². The van der Waals surface area contributed by atoms with E-state index in [0.29, 0.717) is 22.6 Å². The zero-order valence-electron chi connectivity index (χ0n) is 10.6. The van der Waals surface area contributed by atoms with E-state index in [-0.39, 0.29) is 5.56 Å². The fourth-order valence-electron chi connectivity index (χ4n) is 2.80. The SMILES string of the molecule is Cc1nc2cnc(C3CCCCC3)cc2c(=O)[nH]1. The number of pyridine rings is 1. The number of aryl methyl sites for hydroxylation is 1. The van der Waals surface area contributed by atoms with Crippen molar-refractivity contribution in [1.82, 2.24) is 15.0 Å². The zero-order chi connectivity index (χ0) is 12.5. The second-order valence-electron chi connectivity index (χ2n) is 5.11. The summed E-state index contributed by atoms with van der Waals surface area (Å²) in [5.41, 5.74) is 1.69. The molecule has 0 aliphatic heterocycles. The fourth-order valence-corrected chi connectivity index (χ4v) is 2.80. The van der Waals surface area contributed by atoms with Crippen LogP contribution in [0.1, 0.15) is 49.5 Å². The van der Waals surface area contributed by atoms with Gasteiger partial charge in [0.2, 0.25) is 0 Å². The fraction of sp³-hybridized carbons (Fsp3) is 0.500. The first-order valence-corrected chi connectivity index (χ1v) is 6.60. The van der Waals surface area contributed by atoms with Gasteiger partial charge in [0.25, 0.3) is 5.56 Å². The van der Waals surface area contributed by atoms with Gasteiger partial charge in [0.1, 0.15) is 5.82 Å². The van der Waals surface area contributed by atoms with Crippen LogP contribution in [-0.2, 0) is 0 Å². The van der Waals surface area contributed by atoms with E-state index in [1.807, 2.05) is 6.07 Å². The Kier molecular flexibility index (Phi) is 2.86. The summed E-state index contributed by atoms with van der Waals surface area (Å²) in [7, 11) is 0. The summed E-state index contributed by atoms with van der Waals surface area (Å²) < 4.78 is 0. The quantitative estimate of drug-likeness (QED) is 0.837. The Labute approximate surface area is 105 Å². The average Bonchev–Trinajstić information content (AvgIpc) is 2.39. The predicted molar refractivity (Wildman–Crippen MR) is 70.7 cm³/mol. The molecule has 1 aliphatic carbocycles. The number of nitrogens with zero attached hydrogens (tertiary/aromatic N) is 2. The van der Waals surface area contributed by atoms with Crippen molar-refractivity contribution in [1.29, 1.82) is 0 Å². The lowest BCUT2D eigenvalue weighted by Gasteiger charge is -2.20. The molecular weight excluding hydrogens is 226 g/mol. The molecule has 2 aromatic rings. The summed E-state index contributed by atoms with van der Waals surface area (Å²) in [6.45, 7) is 1.79. The molecule has 94 valence electrons. The van der Waals surface area contributed by atoms with Gasteiger partial charge in [-0.1, -0.05) is 19.3 Å². The van der Waals surface area contributed by atoms with Gasteiger partial charge in [0, 0.05) is 11.6 Å². The monoisotopic (exact) mass is 243 g/mol. The number of rotatable bonds is 1. The molecule has 0 bridgehead atoms. The highest BCUT2D eigenvalue weighted by Crippen LogP contribution is 2.31. The second kappa shape index (κ2) is 4.52. The van der Waals surface area contributed by atoms with Crippen molar-refractivity contribution in [2.24, 2.45) is 0 Å². The van der Waals surface area contributed by atoms with Crippen LogP contribution < -0.4 is 5.56 Å². The molecule has 2 aromatic heterocycles. The van der Waals surface area contributed by atoms with Crippen LogP contribution in [0.2, 0.25) is 0 Å². The van der Waals surface area contributed by atoms with E-state index in [9.17, 15) is 4.79 Å². The van der Waals surface area contributed by atoms with Crippen LogP contribution in [0.4, 0.5) is 0 Å². The molecule has 18 heavy (non-hydrogen) atoms. The topological polar surface area (TPSA) is 58.6 Å². The van der Waals surface area contributed by atoms with Gasteiger partial charge in [0.05, 0.1) is 17.1 Å². The number of hydrogen-bond acceptors (Lipinski definition) is 3. The van der Waals surface area contributed by atoms with Gasteiger partial charge in [-0.2, -0.15) is 0 Å². The normalized spacial score (nSPS) is 17.2. The van der Waals surface area contributed by atoms with Gasteiger partial charge < -0.3 is 4.98 Å². The highest BCUT2D eigenvalue weighted by molar-refractivity contribution is 5.76. The highest BCUT2D eigenvalue weighted by atomic mass is 16.1. The lowest BCUT2D eigenvalue weighted by Crippen LogP contribution is -2.12.